The number of hydrogen-bond donors (Lipinski definition) is 0. The van der Waals surface area contributed by atoms with E-state index in [-0.39, 0.29) is 6.61 Å². The van der Waals surface area contributed by atoms with Crippen LogP contribution >= 0.6 is 11.8 Å². The van der Waals surface area contributed by atoms with Crippen molar-refractivity contribution in [2.24, 2.45) is 0 Å². The first-order valence-electron chi connectivity index (χ1n) is 7.29. The lowest BCUT2D eigenvalue weighted by molar-refractivity contribution is -0.513. The molecule has 0 saturated heterocycles. The largest absolute Gasteiger partial charge is 0.461 e. The van der Waals surface area contributed by atoms with E-state index < -0.39 is 22.9 Å². The van der Waals surface area contributed by atoms with E-state index in [1.807, 2.05) is 48.5 Å². The molecule has 3 rings (SSSR count). The zero-order valence-electron chi connectivity index (χ0n) is 12.5. The van der Waals surface area contributed by atoms with E-state index in [0.29, 0.717) is 0 Å². The lowest BCUT2D eigenvalue weighted by Crippen LogP contribution is -2.38. The Bertz CT molecular complexity index is 716. The van der Waals surface area contributed by atoms with Gasteiger partial charge in [0.15, 0.2) is 0 Å². The Hall–Kier alpha value is -2.34. The lowest BCUT2D eigenvalue weighted by Gasteiger charge is -2.28. The Morgan fingerprint density at radius 1 is 1.17 bits per heavy atom. The topological polar surface area (TPSA) is 69.4 Å². The van der Waals surface area contributed by atoms with E-state index >= 15 is 0 Å². The fourth-order valence-electron chi connectivity index (χ4n) is 2.86. The van der Waals surface area contributed by atoms with E-state index in [2.05, 4.69) is 0 Å². The summed E-state index contributed by atoms with van der Waals surface area (Å²) in [6.07, 6.45) is 0. The number of nitrogens with zero attached hydrogens (tertiary/aromatic N) is 1. The Morgan fingerprint density at radius 3 is 2.17 bits per heavy atom. The van der Waals surface area contributed by atoms with Gasteiger partial charge in [0.2, 0.25) is 0 Å². The van der Waals surface area contributed by atoms with Gasteiger partial charge in [-0.2, -0.15) is 0 Å². The van der Waals surface area contributed by atoms with Crippen molar-refractivity contribution in [3.8, 4) is 0 Å². The second kappa shape index (κ2) is 6.42. The van der Waals surface area contributed by atoms with Crippen LogP contribution in [0.1, 0.15) is 24.0 Å². The van der Waals surface area contributed by atoms with Crippen molar-refractivity contribution in [1.82, 2.24) is 0 Å². The minimum Gasteiger partial charge on any atom is -0.461 e. The summed E-state index contributed by atoms with van der Waals surface area (Å²) in [5, 5.41) is 11.6. The Kier molecular flexibility index (Phi) is 4.34. The minimum absolute atomic E-state index is 0.119. The van der Waals surface area contributed by atoms with E-state index in [4.69, 9.17) is 4.74 Å². The molecule has 0 spiro atoms. The molecule has 1 heterocycles. The fraction of sp³-hybridized carbons (Fsp3) is 0.235. The average molecular weight is 329 g/mol. The summed E-state index contributed by atoms with van der Waals surface area (Å²) in [5.41, 5.74) is 1.59. The van der Waals surface area contributed by atoms with Gasteiger partial charge in [-0.1, -0.05) is 48.2 Å². The fourth-order valence-corrected chi connectivity index (χ4v) is 4.01. The molecule has 0 N–H and O–H groups in total. The van der Waals surface area contributed by atoms with Gasteiger partial charge in [0.1, 0.15) is 0 Å². The molecule has 2 aromatic rings. The van der Waals surface area contributed by atoms with E-state index in [1.165, 1.54) is 0 Å². The molecule has 5 nitrogen and oxygen atoms in total. The van der Waals surface area contributed by atoms with Crippen LogP contribution in [0, 0.1) is 10.1 Å². The molecule has 1 aliphatic heterocycles. The highest BCUT2D eigenvalue weighted by molar-refractivity contribution is 7.99. The molecule has 1 aliphatic rings. The Balaban J connectivity index is 2.16. The molecule has 0 fully saturated rings. The Morgan fingerprint density at radius 2 is 1.70 bits per heavy atom. The summed E-state index contributed by atoms with van der Waals surface area (Å²) in [6, 6.07) is 13.5. The van der Waals surface area contributed by atoms with Gasteiger partial charge in [-0.3, -0.25) is 10.1 Å². The monoisotopic (exact) mass is 329 g/mol. The summed E-state index contributed by atoms with van der Waals surface area (Å²) in [7, 11) is 0. The number of ether oxygens (including phenoxy) is 1. The first-order chi connectivity index (χ1) is 11.1. The minimum atomic E-state index is -1.45. The van der Waals surface area contributed by atoms with Crippen LogP contribution in [0.15, 0.2) is 58.3 Å². The van der Waals surface area contributed by atoms with Gasteiger partial charge in [0.05, 0.1) is 12.5 Å². The predicted octanol–water partition coefficient (Wildman–Crippen LogP) is 3.49. The molecular weight excluding hydrogens is 314 g/mol. The van der Waals surface area contributed by atoms with E-state index in [9.17, 15) is 14.9 Å². The maximum absolute atomic E-state index is 12.2. The van der Waals surface area contributed by atoms with Crippen LogP contribution in [-0.4, -0.2) is 23.5 Å². The first-order valence-corrected chi connectivity index (χ1v) is 8.11. The third kappa shape index (κ3) is 2.82. The van der Waals surface area contributed by atoms with Crippen molar-refractivity contribution in [3.05, 3.63) is 69.8 Å². The Labute approximate surface area is 137 Å². The molecule has 6 heteroatoms. The van der Waals surface area contributed by atoms with Crippen molar-refractivity contribution in [2.45, 2.75) is 28.7 Å². The van der Waals surface area contributed by atoms with Crippen molar-refractivity contribution >= 4 is 17.7 Å². The number of fused-ring (bicyclic) bond motifs is 2. The molecule has 0 bridgehead atoms. The number of nitro groups is 1. The SMILES string of the molecule is CCOC(=O)C(C1c2ccccc2Sc2ccccc21)[N+](=O)[O-]. The van der Waals surface area contributed by atoms with Crippen LogP contribution in [0.3, 0.4) is 0 Å². The van der Waals surface area contributed by atoms with Crippen molar-refractivity contribution in [2.75, 3.05) is 6.61 Å². The third-order valence-corrected chi connectivity index (χ3v) is 4.98. The van der Waals surface area contributed by atoms with E-state index in [1.54, 1.807) is 18.7 Å². The number of carbonyl (C=O) groups is 1. The zero-order valence-corrected chi connectivity index (χ0v) is 13.3. The molecule has 1 atom stereocenters. The number of benzene rings is 2. The van der Waals surface area contributed by atoms with Crippen LogP contribution in [0.25, 0.3) is 0 Å². The average Bonchev–Trinajstić information content (AvgIpc) is 2.54. The van der Waals surface area contributed by atoms with Crippen molar-refractivity contribution in [1.29, 1.82) is 0 Å². The molecule has 0 amide bonds. The van der Waals surface area contributed by atoms with Crippen LogP contribution in [0.2, 0.25) is 0 Å². The summed E-state index contributed by atoms with van der Waals surface area (Å²) in [5.74, 6) is -1.43. The number of rotatable bonds is 4. The second-order valence-electron chi connectivity index (χ2n) is 5.14. The molecule has 2 aromatic carbocycles. The number of hydrogen-bond acceptors (Lipinski definition) is 5. The summed E-state index contributed by atoms with van der Waals surface area (Å²) >= 11 is 1.57. The standard InChI is InChI=1S/C17H15NO4S/c1-2-22-17(19)16(18(20)21)15-11-7-3-5-9-13(11)23-14-10-6-4-8-12(14)15/h3-10,15-16H,2H2,1H3. The van der Waals surface area contributed by atoms with Gasteiger partial charge >= 0.3 is 12.0 Å². The molecule has 118 valence electrons. The molecule has 0 saturated carbocycles. The number of carbonyl (C=O) groups excluding carboxylic acids is 1. The summed E-state index contributed by atoms with van der Waals surface area (Å²) in [6.45, 7) is 1.77. The first kappa shape index (κ1) is 15.6. The molecule has 0 radical (unpaired) electrons. The normalized spacial score (nSPS) is 14.5. The highest BCUT2D eigenvalue weighted by Gasteiger charge is 2.45. The van der Waals surface area contributed by atoms with Crippen molar-refractivity contribution in [3.63, 3.8) is 0 Å². The second-order valence-corrected chi connectivity index (χ2v) is 6.22. The molecular formula is C17H15NO4S. The summed E-state index contributed by atoms with van der Waals surface area (Å²) < 4.78 is 4.96. The maximum Gasteiger partial charge on any atom is 0.382 e. The van der Waals surface area contributed by atoms with Gasteiger partial charge in [-0.05, 0) is 30.2 Å². The van der Waals surface area contributed by atoms with Gasteiger partial charge in [-0.15, -0.1) is 0 Å². The zero-order chi connectivity index (χ0) is 16.4. The van der Waals surface area contributed by atoms with Crippen LogP contribution < -0.4 is 0 Å². The molecule has 1 unspecified atom stereocenters. The highest BCUT2D eigenvalue weighted by atomic mass is 32.2. The molecule has 23 heavy (non-hydrogen) atoms. The molecule has 0 aromatic heterocycles. The number of esters is 1. The smallest absolute Gasteiger partial charge is 0.382 e. The highest BCUT2D eigenvalue weighted by Crippen LogP contribution is 2.47. The van der Waals surface area contributed by atoms with E-state index in [0.717, 1.165) is 20.9 Å². The predicted molar refractivity (Wildman–Crippen MR) is 86.3 cm³/mol. The maximum atomic E-state index is 12.2. The van der Waals surface area contributed by atoms with Crippen LogP contribution in [0.4, 0.5) is 0 Å². The van der Waals surface area contributed by atoms with Gasteiger partial charge in [-0.25, -0.2) is 4.79 Å². The molecule has 0 aliphatic carbocycles. The van der Waals surface area contributed by atoms with Crippen LogP contribution in [-0.2, 0) is 9.53 Å². The van der Waals surface area contributed by atoms with Crippen LogP contribution in [0.5, 0.6) is 0 Å². The lowest BCUT2D eigenvalue weighted by atomic mass is 9.84. The van der Waals surface area contributed by atoms with Gasteiger partial charge in [0.25, 0.3) is 0 Å². The van der Waals surface area contributed by atoms with Crippen molar-refractivity contribution < 1.29 is 14.5 Å². The van der Waals surface area contributed by atoms with Gasteiger partial charge in [0, 0.05) is 14.7 Å². The summed E-state index contributed by atoms with van der Waals surface area (Å²) in [4.78, 5) is 25.2. The third-order valence-electron chi connectivity index (χ3n) is 3.80. The quantitative estimate of drug-likeness (QED) is 0.488. The van der Waals surface area contributed by atoms with Gasteiger partial charge < -0.3 is 4.74 Å².